The van der Waals surface area contributed by atoms with Crippen molar-refractivity contribution >= 4 is 32.9 Å². The van der Waals surface area contributed by atoms with Crippen LogP contribution in [0.15, 0.2) is 132 Å². The van der Waals surface area contributed by atoms with Crippen LogP contribution in [0.25, 0.3) is 72.8 Å². The first kappa shape index (κ1) is 22.4. The number of hydrogen-bond acceptors (Lipinski definition) is 5. The normalized spacial score (nSPS) is 11.5. The smallest absolute Gasteiger partial charge is 0.227 e. The van der Waals surface area contributed by atoms with Crippen molar-refractivity contribution < 1.29 is 4.42 Å². The lowest BCUT2D eigenvalue weighted by Crippen LogP contribution is -2.01. The molecule has 0 unspecified atom stereocenters. The molecule has 0 amide bonds. The number of fused-ring (bicyclic) bond motifs is 4. The van der Waals surface area contributed by atoms with Crippen LogP contribution in [0.3, 0.4) is 0 Å². The Morgan fingerprint density at radius 3 is 2.23 bits per heavy atom. The second kappa shape index (κ2) is 8.99. The molecule has 5 aromatic carbocycles. The van der Waals surface area contributed by atoms with Crippen LogP contribution in [0, 0.1) is 0 Å². The largest absolute Gasteiger partial charge is 0.436 e. The van der Waals surface area contributed by atoms with Crippen LogP contribution < -0.4 is 0 Å². The van der Waals surface area contributed by atoms with Crippen LogP contribution in [0.1, 0.15) is 0 Å². The summed E-state index contributed by atoms with van der Waals surface area (Å²) in [5, 5.41) is 2.26. The monoisotopic (exact) mass is 515 g/mol. The molecular formula is C34H21N5O. The third kappa shape index (κ3) is 3.58. The average Bonchev–Trinajstić information content (AvgIpc) is 3.61. The molecule has 40 heavy (non-hydrogen) atoms. The summed E-state index contributed by atoms with van der Waals surface area (Å²) in [5.74, 6) is 1.88. The third-order valence-electron chi connectivity index (χ3n) is 7.20. The van der Waals surface area contributed by atoms with E-state index in [-0.39, 0.29) is 0 Å². The summed E-state index contributed by atoms with van der Waals surface area (Å²) in [6, 6.07) is 40.9. The van der Waals surface area contributed by atoms with Gasteiger partial charge in [0.05, 0.1) is 16.7 Å². The molecule has 0 saturated heterocycles. The Bertz CT molecular complexity index is 2150. The van der Waals surface area contributed by atoms with Gasteiger partial charge < -0.3 is 8.98 Å². The van der Waals surface area contributed by atoms with Gasteiger partial charge in [0.2, 0.25) is 5.89 Å². The molecule has 6 heteroatoms. The Hall–Kier alpha value is -5.62. The molecular weight excluding hydrogens is 494 g/mol. The fourth-order valence-electron chi connectivity index (χ4n) is 5.37. The van der Waals surface area contributed by atoms with E-state index in [1.54, 1.807) is 6.33 Å². The van der Waals surface area contributed by atoms with E-state index >= 15 is 0 Å². The van der Waals surface area contributed by atoms with Gasteiger partial charge in [-0.1, -0.05) is 72.8 Å². The minimum Gasteiger partial charge on any atom is -0.436 e. The van der Waals surface area contributed by atoms with Crippen LogP contribution in [0.5, 0.6) is 0 Å². The zero-order chi connectivity index (χ0) is 26.5. The third-order valence-corrected chi connectivity index (χ3v) is 7.20. The molecule has 3 aromatic heterocycles. The van der Waals surface area contributed by atoms with Gasteiger partial charge in [-0.15, -0.1) is 0 Å². The summed E-state index contributed by atoms with van der Waals surface area (Å²) in [5.41, 5.74) is 7.60. The standard InChI is InChI=1S/C34H21N5O/c1-2-10-22(11-3-1)32-35-21-36-33(38-32)25-13-5-8-16-29(25)39-28-15-7-4-12-24(28)26-20-23(18-19-30(26)39)34-37-27-14-6-9-17-31(27)40-34/h1-21H. The molecule has 0 aliphatic carbocycles. The van der Waals surface area contributed by atoms with Crippen molar-refractivity contribution in [1.29, 1.82) is 0 Å². The quantitative estimate of drug-likeness (QED) is 0.237. The van der Waals surface area contributed by atoms with Crippen molar-refractivity contribution in [2.45, 2.75) is 0 Å². The fourth-order valence-corrected chi connectivity index (χ4v) is 5.37. The highest BCUT2D eigenvalue weighted by atomic mass is 16.3. The second-order valence-electron chi connectivity index (χ2n) is 9.59. The van der Waals surface area contributed by atoms with E-state index in [4.69, 9.17) is 14.4 Å². The van der Waals surface area contributed by atoms with Gasteiger partial charge in [-0.05, 0) is 48.5 Å². The van der Waals surface area contributed by atoms with Crippen LogP contribution in [-0.4, -0.2) is 24.5 Å². The lowest BCUT2D eigenvalue weighted by atomic mass is 10.1. The van der Waals surface area contributed by atoms with Gasteiger partial charge in [0.1, 0.15) is 11.8 Å². The summed E-state index contributed by atoms with van der Waals surface area (Å²) in [6.45, 7) is 0. The van der Waals surface area contributed by atoms with Gasteiger partial charge in [-0.3, -0.25) is 0 Å². The van der Waals surface area contributed by atoms with Crippen LogP contribution in [-0.2, 0) is 0 Å². The van der Waals surface area contributed by atoms with Crippen molar-refractivity contribution in [3.05, 3.63) is 128 Å². The van der Waals surface area contributed by atoms with Crippen molar-refractivity contribution in [2.24, 2.45) is 0 Å². The highest BCUT2D eigenvalue weighted by Crippen LogP contribution is 2.37. The first-order chi connectivity index (χ1) is 19.8. The predicted octanol–water partition coefficient (Wildman–Crippen LogP) is 8.11. The van der Waals surface area contributed by atoms with Gasteiger partial charge in [0.25, 0.3) is 0 Å². The molecule has 6 nitrogen and oxygen atoms in total. The van der Waals surface area contributed by atoms with E-state index in [0.29, 0.717) is 17.5 Å². The zero-order valence-corrected chi connectivity index (χ0v) is 21.3. The second-order valence-corrected chi connectivity index (χ2v) is 9.59. The number of aromatic nitrogens is 5. The molecule has 0 aliphatic rings. The minimum atomic E-state index is 0.610. The summed E-state index contributed by atoms with van der Waals surface area (Å²) >= 11 is 0. The molecule has 0 radical (unpaired) electrons. The van der Waals surface area contributed by atoms with Crippen molar-refractivity contribution in [3.8, 4) is 39.9 Å². The molecule has 8 rings (SSSR count). The zero-order valence-electron chi connectivity index (χ0n) is 21.3. The molecule has 3 heterocycles. The molecule has 0 spiro atoms. The Balaban J connectivity index is 1.33. The van der Waals surface area contributed by atoms with E-state index in [1.165, 1.54) is 0 Å². The highest BCUT2D eigenvalue weighted by Gasteiger charge is 2.18. The molecule has 188 valence electrons. The van der Waals surface area contributed by atoms with Crippen molar-refractivity contribution in [1.82, 2.24) is 24.5 Å². The molecule has 0 fully saturated rings. The molecule has 8 aromatic rings. The molecule has 0 bridgehead atoms. The van der Waals surface area contributed by atoms with Gasteiger partial charge in [-0.2, -0.15) is 0 Å². The Morgan fingerprint density at radius 2 is 1.30 bits per heavy atom. The first-order valence-electron chi connectivity index (χ1n) is 13.1. The van der Waals surface area contributed by atoms with Crippen LogP contribution in [0.2, 0.25) is 0 Å². The Labute approximate surface area is 229 Å². The fraction of sp³-hybridized carbons (Fsp3) is 0. The Morgan fingerprint density at radius 1 is 0.550 bits per heavy atom. The maximum atomic E-state index is 6.09. The lowest BCUT2D eigenvalue weighted by molar-refractivity contribution is 0.620. The first-order valence-corrected chi connectivity index (χ1v) is 13.1. The maximum Gasteiger partial charge on any atom is 0.227 e. The lowest BCUT2D eigenvalue weighted by Gasteiger charge is -2.13. The molecule has 0 aliphatic heterocycles. The number of rotatable bonds is 4. The van der Waals surface area contributed by atoms with Gasteiger partial charge in [-0.25, -0.2) is 19.9 Å². The highest BCUT2D eigenvalue weighted by molar-refractivity contribution is 6.10. The Kier molecular flexibility index (Phi) is 5.03. The van der Waals surface area contributed by atoms with Gasteiger partial charge in [0, 0.05) is 27.5 Å². The van der Waals surface area contributed by atoms with Crippen molar-refractivity contribution in [2.75, 3.05) is 0 Å². The predicted molar refractivity (Wildman–Crippen MR) is 158 cm³/mol. The summed E-state index contributed by atoms with van der Waals surface area (Å²) < 4.78 is 8.37. The van der Waals surface area contributed by atoms with Crippen molar-refractivity contribution in [3.63, 3.8) is 0 Å². The summed E-state index contributed by atoms with van der Waals surface area (Å²) in [6.07, 6.45) is 1.58. The number of hydrogen-bond donors (Lipinski definition) is 0. The molecule has 0 atom stereocenters. The van der Waals surface area contributed by atoms with E-state index in [2.05, 4.69) is 69.1 Å². The molecule has 0 N–H and O–H groups in total. The number of oxazole rings is 1. The topological polar surface area (TPSA) is 69.6 Å². The number of nitrogens with zero attached hydrogens (tertiary/aromatic N) is 5. The SMILES string of the molecule is c1ccc(-c2ncnc(-c3ccccc3-n3c4ccccc4c4cc(-c5nc6ccccc6o5)ccc43)n2)cc1. The summed E-state index contributed by atoms with van der Waals surface area (Å²) in [4.78, 5) is 18.6. The van der Waals surface area contributed by atoms with Gasteiger partial charge >= 0.3 is 0 Å². The maximum absolute atomic E-state index is 6.09. The van der Waals surface area contributed by atoms with E-state index in [1.807, 2.05) is 66.7 Å². The minimum absolute atomic E-state index is 0.610. The van der Waals surface area contributed by atoms with E-state index in [9.17, 15) is 0 Å². The average molecular weight is 516 g/mol. The summed E-state index contributed by atoms with van der Waals surface area (Å²) in [7, 11) is 0. The number of para-hydroxylation sites is 4. The van der Waals surface area contributed by atoms with Gasteiger partial charge in [0.15, 0.2) is 17.2 Å². The van der Waals surface area contributed by atoms with E-state index in [0.717, 1.165) is 55.3 Å². The molecule has 0 saturated carbocycles. The van der Waals surface area contributed by atoms with E-state index < -0.39 is 0 Å². The van der Waals surface area contributed by atoms with Crippen LogP contribution in [0.4, 0.5) is 0 Å². The number of benzene rings is 5. The van der Waals surface area contributed by atoms with Crippen LogP contribution >= 0.6 is 0 Å².